The zero-order valence-electron chi connectivity index (χ0n) is 24.9. The van der Waals surface area contributed by atoms with E-state index >= 15 is 0 Å². The summed E-state index contributed by atoms with van der Waals surface area (Å²) in [6, 6.07) is 19.0. The first-order valence-corrected chi connectivity index (χ1v) is 15.5. The maximum atomic E-state index is 13.8. The van der Waals surface area contributed by atoms with Crippen LogP contribution < -0.4 is 15.1 Å². The van der Waals surface area contributed by atoms with Crippen LogP contribution in [0.3, 0.4) is 0 Å². The molecule has 45 heavy (non-hydrogen) atoms. The quantitative estimate of drug-likeness (QED) is 0.0963. The number of fused-ring (bicyclic) bond motifs is 1. The Morgan fingerprint density at radius 3 is 2.64 bits per heavy atom. The highest BCUT2D eigenvalue weighted by molar-refractivity contribution is 6.31. The lowest BCUT2D eigenvalue weighted by Gasteiger charge is -2.26. The lowest BCUT2D eigenvalue weighted by atomic mass is 10.1. The van der Waals surface area contributed by atoms with Gasteiger partial charge in [-0.25, -0.2) is 19.4 Å². The summed E-state index contributed by atoms with van der Waals surface area (Å²) >= 11 is 6.74. The van der Waals surface area contributed by atoms with E-state index in [4.69, 9.17) is 25.9 Å². The van der Waals surface area contributed by atoms with E-state index in [9.17, 15) is 9.18 Å². The number of halogens is 2. The van der Waals surface area contributed by atoms with Crippen molar-refractivity contribution in [3.05, 3.63) is 95.5 Å². The zero-order chi connectivity index (χ0) is 31.2. The van der Waals surface area contributed by atoms with Crippen molar-refractivity contribution < 1.29 is 23.5 Å². The molecular weight excluding hydrogens is 597 g/mol. The summed E-state index contributed by atoms with van der Waals surface area (Å²) < 4.78 is 25.4. The molecule has 4 aromatic rings. The Balaban J connectivity index is 1.34. The van der Waals surface area contributed by atoms with Gasteiger partial charge in [0.2, 0.25) is 0 Å². The van der Waals surface area contributed by atoms with Crippen molar-refractivity contribution >= 4 is 45.6 Å². The maximum Gasteiger partial charge on any atom is 0.283 e. The molecule has 1 amide bonds. The molecule has 9 nitrogen and oxygen atoms in total. The van der Waals surface area contributed by atoms with Gasteiger partial charge in [0.25, 0.3) is 5.91 Å². The summed E-state index contributed by atoms with van der Waals surface area (Å²) in [4.78, 5) is 30.2. The lowest BCUT2D eigenvalue weighted by molar-refractivity contribution is -0.114. The predicted octanol–water partition coefficient (Wildman–Crippen LogP) is 6.95. The number of ether oxygens (including phenoxy) is 2. The highest BCUT2D eigenvalue weighted by Crippen LogP contribution is 2.45. The van der Waals surface area contributed by atoms with E-state index in [0.29, 0.717) is 45.7 Å². The summed E-state index contributed by atoms with van der Waals surface area (Å²) in [5.74, 6) is -0.826. The molecule has 1 saturated carbocycles. The van der Waals surface area contributed by atoms with E-state index < -0.39 is 11.7 Å². The molecule has 6 rings (SSSR count). The van der Waals surface area contributed by atoms with E-state index in [-0.39, 0.29) is 12.3 Å². The molecule has 0 spiro atoms. The van der Waals surface area contributed by atoms with Crippen molar-refractivity contribution in [3.63, 3.8) is 0 Å². The first-order valence-electron chi connectivity index (χ1n) is 15.1. The summed E-state index contributed by atoms with van der Waals surface area (Å²) in [6.45, 7) is 7.84. The highest BCUT2D eigenvalue weighted by atomic mass is 35.5. The van der Waals surface area contributed by atoms with Crippen molar-refractivity contribution in [2.75, 3.05) is 49.8 Å². The van der Waals surface area contributed by atoms with E-state index in [1.54, 1.807) is 17.2 Å². The van der Waals surface area contributed by atoms with E-state index in [1.807, 2.05) is 48.5 Å². The molecule has 2 heterocycles. The second kappa shape index (κ2) is 14.3. The Hall–Kier alpha value is -4.09. The minimum absolute atomic E-state index is 0.254. The molecule has 1 N–H and O–H groups in total. The van der Waals surface area contributed by atoms with Crippen molar-refractivity contribution in [1.29, 1.82) is 0 Å². The second-order valence-electron chi connectivity index (χ2n) is 11.1. The van der Waals surface area contributed by atoms with Crippen molar-refractivity contribution in [2.24, 2.45) is 0 Å². The summed E-state index contributed by atoms with van der Waals surface area (Å²) in [5.41, 5.74) is 3.56. The fraction of sp³-hybridized carbons (Fsp3) is 0.324. The average Bonchev–Trinajstić information content (AvgIpc) is 3.90. The van der Waals surface area contributed by atoms with Gasteiger partial charge in [-0.1, -0.05) is 54.6 Å². The van der Waals surface area contributed by atoms with Crippen LogP contribution in [0.1, 0.15) is 36.3 Å². The molecule has 2 aliphatic rings. The molecule has 1 aliphatic carbocycles. The van der Waals surface area contributed by atoms with Crippen LogP contribution in [0, 0.1) is 0 Å². The lowest BCUT2D eigenvalue weighted by Crippen LogP contribution is -2.37. The van der Waals surface area contributed by atoms with E-state index in [1.165, 1.54) is 6.33 Å². The largest absolute Gasteiger partial charge is 0.491 e. The molecule has 0 radical (unpaired) electrons. The zero-order valence-corrected chi connectivity index (χ0v) is 25.6. The van der Waals surface area contributed by atoms with Gasteiger partial charge in [0, 0.05) is 36.1 Å². The van der Waals surface area contributed by atoms with Gasteiger partial charge in [-0.2, -0.15) is 0 Å². The van der Waals surface area contributed by atoms with Crippen LogP contribution in [-0.4, -0.2) is 60.2 Å². The third-order valence-corrected chi connectivity index (χ3v) is 8.15. The highest BCUT2D eigenvalue weighted by Gasteiger charge is 2.27. The minimum Gasteiger partial charge on any atom is -0.491 e. The Kier molecular flexibility index (Phi) is 9.85. The number of amides is 1. The average molecular weight is 632 g/mol. The number of benzene rings is 3. The number of anilines is 3. The normalized spacial score (nSPS) is 15.2. The molecule has 234 valence electrons. The van der Waals surface area contributed by atoms with Gasteiger partial charge in [-0.05, 0) is 54.5 Å². The van der Waals surface area contributed by atoms with Crippen molar-refractivity contribution in [3.8, 4) is 5.75 Å². The summed E-state index contributed by atoms with van der Waals surface area (Å²) in [7, 11) is 0. The van der Waals surface area contributed by atoms with Gasteiger partial charge in [-0.15, -0.1) is 0 Å². The van der Waals surface area contributed by atoms with Crippen LogP contribution in [0.5, 0.6) is 5.75 Å². The van der Waals surface area contributed by atoms with Gasteiger partial charge in [0.05, 0.1) is 36.7 Å². The van der Waals surface area contributed by atoms with Crippen LogP contribution in [-0.2, 0) is 21.0 Å². The molecule has 0 bridgehead atoms. The number of rotatable bonds is 13. The SMILES string of the molecule is C=C(F)C(=O)Nc1cc2c(N(OCc3ccccc3)c3ccc(C4CC4)c(Cl)c3)ncnc2cc1OCCCN1CCOCC1. The minimum atomic E-state index is -1.11. The molecule has 1 aliphatic heterocycles. The fourth-order valence-corrected chi connectivity index (χ4v) is 5.60. The van der Waals surface area contributed by atoms with Gasteiger partial charge in [0.1, 0.15) is 18.7 Å². The standard InChI is InChI=1S/C34H35ClFN5O4/c1-23(36)34(42)39-31-19-28-30(20-32(31)44-15-5-12-40-13-16-43-17-14-40)37-22-38-33(28)41(45-21-24-6-3-2-4-7-24)26-10-11-27(25-8-9-25)29(35)18-26/h2-4,6-7,10-11,18-20,22,25H,1,5,8-9,12-17,21H2,(H,39,42). The molecule has 11 heteroatoms. The van der Waals surface area contributed by atoms with Gasteiger partial charge >= 0.3 is 0 Å². The maximum absolute atomic E-state index is 13.8. The van der Waals surface area contributed by atoms with Gasteiger partial charge in [-0.3, -0.25) is 14.5 Å². The Morgan fingerprint density at radius 2 is 1.91 bits per heavy atom. The number of nitrogens with one attached hydrogen (secondary N) is 1. The number of carbonyl (C=O) groups is 1. The first-order chi connectivity index (χ1) is 22.0. The van der Waals surface area contributed by atoms with E-state index in [2.05, 4.69) is 26.8 Å². The van der Waals surface area contributed by atoms with Crippen LogP contribution in [0.15, 0.2) is 79.4 Å². The number of carbonyl (C=O) groups excluding carboxylic acids is 1. The number of hydrogen-bond donors (Lipinski definition) is 1. The van der Waals surface area contributed by atoms with Crippen LogP contribution in [0.2, 0.25) is 5.02 Å². The van der Waals surface area contributed by atoms with Crippen LogP contribution in [0.4, 0.5) is 21.6 Å². The smallest absolute Gasteiger partial charge is 0.283 e. The third-order valence-electron chi connectivity index (χ3n) is 7.82. The number of aromatic nitrogens is 2. The van der Waals surface area contributed by atoms with Crippen molar-refractivity contribution in [1.82, 2.24) is 14.9 Å². The monoisotopic (exact) mass is 631 g/mol. The molecule has 3 aromatic carbocycles. The molecule has 1 saturated heterocycles. The summed E-state index contributed by atoms with van der Waals surface area (Å²) in [5, 5.41) is 5.41. The molecule has 1 aromatic heterocycles. The Bertz CT molecular complexity index is 1660. The number of nitrogens with zero attached hydrogens (tertiary/aromatic N) is 4. The third kappa shape index (κ3) is 7.77. The second-order valence-corrected chi connectivity index (χ2v) is 11.5. The predicted molar refractivity (Wildman–Crippen MR) is 173 cm³/mol. The van der Waals surface area contributed by atoms with Crippen LogP contribution >= 0.6 is 11.6 Å². The Labute approximate surface area is 266 Å². The van der Waals surface area contributed by atoms with Crippen molar-refractivity contribution in [2.45, 2.75) is 31.8 Å². The molecule has 0 atom stereocenters. The summed E-state index contributed by atoms with van der Waals surface area (Å²) in [6.07, 6.45) is 4.46. The first kappa shape index (κ1) is 30.9. The van der Waals surface area contributed by atoms with Gasteiger partial charge in [0.15, 0.2) is 11.6 Å². The number of morpholine rings is 1. The molecule has 2 fully saturated rings. The van der Waals surface area contributed by atoms with Crippen LogP contribution in [0.25, 0.3) is 10.9 Å². The Morgan fingerprint density at radius 1 is 1.11 bits per heavy atom. The van der Waals surface area contributed by atoms with Gasteiger partial charge < -0.3 is 14.8 Å². The molecule has 0 unspecified atom stereocenters. The molecular formula is C34H35ClFN5O4. The number of hydrogen-bond acceptors (Lipinski definition) is 8. The fourth-order valence-electron chi connectivity index (χ4n) is 5.27. The topological polar surface area (TPSA) is 89.1 Å². The van der Waals surface area contributed by atoms with E-state index in [0.717, 1.165) is 63.2 Å².